The lowest BCUT2D eigenvalue weighted by Crippen LogP contribution is -2.12. The molecule has 3 aromatic rings. The lowest BCUT2D eigenvalue weighted by atomic mass is 10.1. The van der Waals surface area contributed by atoms with Crippen LogP contribution in [0.25, 0.3) is 11.4 Å². The Labute approximate surface area is 130 Å². The zero-order chi connectivity index (χ0) is 15.5. The number of carbonyl (C=O) groups is 1. The average molecular weight is 317 g/mol. The lowest BCUT2D eigenvalue weighted by Gasteiger charge is -2.09. The largest absolute Gasteiger partial charge is 0.321 e. The van der Waals surface area contributed by atoms with Crippen molar-refractivity contribution in [1.82, 2.24) is 15.2 Å². The van der Waals surface area contributed by atoms with Crippen molar-refractivity contribution in [3.63, 3.8) is 0 Å². The molecular weight excluding hydrogens is 307 g/mol. The average Bonchev–Trinajstić information content (AvgIpc) is 3.04. The first kappa shape index (κ1) is 14.2. The number of aromatic nitrogens is 3. The molecule has 7 heteroatoms. The Morgan fingerprint density at radius 2 is 2.05 bits per heavy atom. The summed E-state index contributed by atoms with van der Waals surface area (Å²) in [6, 6.07) is 10.9. The van der Waals surface area contributed by atoms with Crippen molar-refractivity contribution >= 4 is 23.2 Å². The molecule has 1 amide bonds. The van der Waals surface area contributed by atoms with E-state index in [1.807, 2.05) is 6.07 Å². The SMILES string of the molecule is O=C(Nc1ccccc1-c1ncn[nH]1)c1ccc(F)c(Cl)c1. The van der Waals surface area contributed by atoms with Crippen molar-refractivity contribution in [2.24, 2.45) is 0 Å². The third kappa shape index (κ3) is 2.82. The van der Waals surface area contributed by atoms with Gasteiger partial charge in [-0.3, -0.25) is 9.89 Å². The molecule has 1 heterocycles. The van der Waals surface area contributed by atoms with Crippen LogP contribution < -0.4 is 5.32 Å². The summed E-state index contributed by atoms with van der Waals surface area (Å²) < 4.78 is 13.2. The Morgan fingerprint density at radius 3 is 2.77 bits per heavy atom. The van der Waals surface area contributed by atoms with Gasteiger partial charge in [0.2, 0.25) is 0 Å². The lowest BCUT2D eigenvalue weighted by molar-refractivity contribution is 0.102. The van der Waals surface area contributed by atoms with E-state index in [2.05, 4.69) is 20.5 Å². The van der Waals surface area contributed by atoms with Crippen molar-refractivity contribution in [3.8, 4) is 11.4 Å². The second-order valence-corrected chi connectivity index (χ2v) is 4.87. The molecule has 0 aliphatic heterocycles. The zero-order valence-electron chi connectivity index (χ0n) is 11.2. The van der Waals surface area contributed by atoms with Crippen molar-refractivity contribution in [3.05, 3.63) is 65.2 Å². The van der Waals surface area contributed by atoms with Gasteiger partial charge in [0, 0.05) is 11.1 Å². The van der Waals surface area contributed by atoms with Crippen LogP contribution in [0.4, 0.5) is 10.1 Å². The topological polar surface area (TPSA) is 70.7 Å². The van der Waals surface area contributed by atoms with Crippen LogP contribution in [0.2, 0.25) is 5.02 Å². The van der Waals surface area contributed by atoms with Gasteiger partial charge in [0.15, 0.2) is 5.82 Å². The van der Waals surface area contributed by atoms with Gasteiger partial charge in [-0.15, -0.1) is 0 Å². The van der Waals surface area contributed by atoms with Gasteiger partial charge < -0.3 is 5.32 Å². The molecule has 5 nitrogen and oxygen atoms in total. The number of amides is 1. The van der Waals surface area contributed by atoms with Gasteiger partial charge in [0.1, 0.15) is 12.1 Å². The molecule has 0 aliphatic carbocycles. The molecule has 2 N–H and O–H groups in total. The monoisotopic (exact) mass is 316 g/mol. The van der Waals surface area contributed by atoms with E-state index in [1.54, 1.807) is 18.2 Å². The molecule has 0 bridgehead atoms. The summed E-state index contributed by atoms with van der Waals surface area (Å²) in [5.41, 5.74) is 1.52. The van der Waals surface area contributed by atoms with Crippen LogP contribution in [0, 0.1) is 5.82 Å². The molecule has 3 rings (SSSR count). The van der Waals surface area contributed by atoms with E-state index in [-0.39, 0.29) is 10.6 Å². The van der Waals surface area contributed by atoms with Gasteiger partial charge in [0.25, 0.3) is 5.91 Å². The summed E-state index contributed by atoms with van der Waals surface area (Å²) >= 11 is 5.70. The molecule has 0 radical (unpaired) electrons. The highest BCUT2D eigenvalue weighted by atomic mass is 35.5. The fourth-order valence-electron chi connectivity index (χ4n) is 1.97. The standard InChI is InChI=1S/C15H10ClFN4O/c16-11-7-9(5-6-12(11)17)15(22)20-13-4-2-1-3-10(13)14-18-8-19-21-14/h1-8H,(H,20,22)(H,18,19,21). The number of carbonyl (C=O) groups excluding carboxylic acids is 1. The second kappa shape index (κ2) is 5.95. The van der Waals surface area contributed by atoms with Crippen molar-refractivity contribution in [2.45, 2.75) is 0 Å². The van der Waals surface area contributed by atoms with Crippen LogP contribution in [0.3, 0.4) is 0 Å². The maximum atomic E-state index is 13.2. The van der Waals surface area contributed by atoms with Crippen LogP contribution in [0.5, 0.6) is 0 Å². The first-order valence-electron chi connectivity index (χ1n) is 6.36. The fraction of sp³-hybridized carbons (Fsp3) is 0. The van der Waals surface area contributed by atoms with Crippen LogP contribution >= 0.6 is 11.6 Å². The van der Waals surface area contributed by atoms with E-state index in [4.69, 9.17) is 11.6 Å². The van der Waals surface area contributed by atoms with E-state index in [1.165, 1.54) is 18.5 Å². The van der Waals surface area contributed by atoms with Crippen LogP contribution in [0.15, 0.2) is 48.8 Å². The first-order valence-corrected chi connectivity index (χ1v) is 6.74. The number of benzene rings is 2. The van der Waals surface area contributed by atoms with Gasteiger partial charge in [0.05, 0.1) is 10.7 Å². The summed E-state index contributed by atoms with van der Waals surface area (Å²) in [6.45, 7) is 0. The molecule has 0 saturated heterocycles. The minimum atomic E-state index is -0.569. The number of para-hydroxylation sites is 1. The normalized spacial score (nSPS) is 10.5. The van der Waals surface area contributed by atoms with E-state index in [0.717, 1.165) is 6.07 Å². The molecule has 0 atom stereocenters. The number of H-pyrrole nitrogens is 1. The number of nitrogens with zero attached hydrogens (tertiary/aromatic N) is 2. The molecule has 110 valence electrons. The van der Waals surface area contributed by atoms with Gasteiger partial charge in [-0.1, -0.05) is 23.7 Å². The van der Waals surface area contributed by atoms with Crippen LogP contribution in [-0.2, 0) is 0 Å². The van der Waals surface area contributed by atoms with Gasteiger partial charge in [-0.05, 0) is 30.3 Å². The highest BCUT2D eigenvalue weighted by molar-refractivity contribution is 6.31. The van der Waals surface area contributed by atoms with E-state index < -0.39 is 11.7 Å². The molecule has 22 heavy (non-hydrogen) atoms. The third-order valence-electron chi connectivity index (χ3n) is 3.03. The molecule has 1 aromatic heterocycles. The summed E-state index contributed by atoms with van der Waals surface area (Å²) in [5.74, 6) is -0.429. The molecule has 2 aromatic carbocycles. The number of aromatic amines is 1. The number of rotatable bonds is 3. The number of hydrogen-bond donors (Lipinski definition) is 2. The third-order valence-corrected chi connectivity index (χ3v) is 3.32. The van der Waals surface area contributed by atoms with Crippen LogP contribution in [-0.4, -0.2) is 21.1 Å². The van der Waals surface area contributed by atoms with Gasteiger partial charge in [-0.25, -0.2) is 9.37 Å². The Balaban J connectivity index is 1.90. The Hall–Kier alpha value is -2.73. The minimum Gasteiger partial charge on any atom is -0.321 e. The Morgan fingerprint density at radius 1 is 1.23 bits per heavy atom. The molecule has 0 unspecified atom stereocenters. The maximum Gasteiger partial charge on any atom is 0.255 e. The van der Waals surface area contributed by atoms with Gasteiger partial charge in [-0.2, -0.15) is 5.10 Å². The van der Waals surface area contributed by atoms with Gasteiger partial charge >= 0.3 is 0 Å². The second-order valence-electron chi connectivity index (χ2n) is 4.46. The summed E-state index contributed by atoms with van der Waals surface area (Å²) in [4.78, 5) is 16.3. The summed E-state index contributed by atoms with van der Waals surface area (Å²) in [5, 5.41) is 9.18. The first-order chi connectivity index (χ1) is 10.6. The van der Waals surface area contributed by atoms with E-state index in [9.17, 15) is 9.18 Å². The summed E-state index contributed by atoms with van der Waals surface area (Å²) in [7, 11) is 0. The number of halogens is 2. The molecule has 0 saturated carbocycles. The minimum absolute atomic E-state index is 0.101. The smallest absolute Gasteiger partial charge is 0.255 e. The van der Waals surface area contributed by atoms with E-state index in [0.29, 0.717) is 17.1 Å². The Kier molecular flexibility index (Phi) is 3.84. The summed E-state index contributed by atoms with van der Waals surface area (Å²) in [6.07, 6.45) is 1.38. The van der Waals surface area contributed by atoms with Crippen LogP contribution in [0.1, 0.15) is 10.4 Å². The molecular formula is C15H10ClFN4O. The highest BCUT2D eigenvalue weighted by Crippen LogP contribution is 2.25. The quantitative estimate of drug-likeness (QED) is 0.776. The fourth-order valence-corrected chi connectivity index (χ4v) is 2.15. The number of hydrogen-bond acceptors (Lipinski definition) is 3. The predicted octanol–water partition coefficient (Wildman–Crippen LogP) is 3.52. The molecule has 0 spiro atoms. The number of anilines is 1. The van der Waals surface area contributed by atoms with E-state index >= 15 is 0 Å². The Bertz CT molecular complexity index is 820. The molecule has 0 fully saturated rings. The highest BCUT2D eigenvalue weighted by Gasteiger charge is 2.13. The zero-order valence-corrected chi connectivity index (χ0v) is 11.9. The number of nitrogens with one attached hydrogen (secondary N) is 2. The predicted molar refractivity (Wildman–Crippen MR) is 81.2 cm³/mol. The molecule has 0 aliphatic rings. The van der Waals surface area contributed by atoms with Crippen molar-refractivity contribution in [2.75, 3.05) is 5.32 Å². The van der Waals surface area contributed by atoms with Crippen molar-refractivity contribution < 1.29 is 9.18 Å². The maximum absolute atomic E-state index is 13.2. The van der Waals surface area contributed by atoms with Crippen molar-refractivity contribution in [1.29, 1.82) is 0 Å².